The van der Waals surface area contributed by atoms with Crippen LogP contribution in [0.5, 0.6) is 0 Å². The summed E-state index contributed by atoms with van der Waals surface area (Å²) in [6.07, 6.45) is 3.36. The third-order valence-corrected chi connectivity index (χ3v) is 4.54. The van der Waals surface area contributed by atoms with Crippen LogP contribution in [0.15, 0.2) is 53.1 Å². The molecule has 1 aliphatic rings. The molecule has 3 rings (SSSR count). The SMILES string of the molecule is CC(C)c1cc2ccccc2[cH-]1.CC1=[C-]C(C)C(C)=C1C.C[Si]C.[Cl-].[Cl-].[Zr+4]. The monoisotopic (exact) mass is 496 g/mol. The van der Waals surface area contributed by atoms with Crippen LogP contribution in [-0.4, -0.2) is 9.52 Å². The fraction of sp³-hybridized carbons (Fsp3) is 0.435. The maximum atomic E-state index is 3.36. The second-order valence-electron chi connectivity index (χ2n) is 6.87. The van der Waals surface area contributed by atoms with Crippen molar-refractivity contribution in [1.82, 2.24) is 0 Å². The molecule has 2 aromatic carbocycles. The molecular weight excluding hydrogens is 466 g/mol. The van der Waals surface area contributed by atoms with Crippen molar-refractivity contribution in [1.29, 1.82) is 0 Å². The van der Waals surface area contributed by atoms with Gasteiger partial charge in [0.2, 0.25) is 0 Å². The van der Waals surface area contributed by atoms with Gasteiger partial charge >= 0.3 is 26.2 Å². The minimum atomic E-state index is 0. The van der Waals surface area contributed by atoms with Gasteiger partial charge in [-0.05, 0) is 5.92 Å². The molecule has 2 aromatic rings. The van der Waals surface area contributed by atoms with Gasteiger partial charge in [-0.15, -0.1) is 47.5 Å². The fourth-order valence-corrected chi connectivity index (χ4v) is 2.67. The molecule has 0 saturated carbocycles. The average Bonchev–Trinajstić information content (AvgIpc) is 3.07. The predicted molar refractivity (Wildman–Crippen MR) is 111 cm³/mol. The van der Waals surface area contributed by atoms with E-state index >= 15 is 0 Å². The van der Waals surface area contributed by atoms with Crippen LogP contribution in [0.2, 0.25) is 13.1 Å². The Hall–Kier alpha value is -0.01000. The molecular formula is C23H32Cl2SiZr. The van der Waals surface area contributed by atoms with Crippen LogP contribution in [0, 0.1) is 12.0 Å². The third-order valence-electron chi connectivity index (χ3n) is 4.54. The largest absolute Gasteiger partial charge is 4.00 e. The molecule has 0 amide bonds. The number of rotatable bonds is 1. The number of benzene rings is 1. The Morgan fingerprint density at radius 3 is 1.89 bits per heavy atom. The molecule has 0 fully saturated rings. The Kier molecular flexibility index (Phi) is 18.6. The van der Waals surface area contributed by atoms with Crippen LogP contribution in [0.3, 0.4) is 0 Å². The molecule has 1 aliphatic carbocycles. The fourth-order valence-electron chi connectivity index (χ4n) is 2.67. The Labute approximate surface area is 201 Å². The second-order valence-corrected chi connectivity index (χ2v) is 7.87. The van der Waals surface area contributed by atoms with E-state index in [4.69, 9.17) is 0 Å². The molecule has 4 heteroatoms. The van der Waals surface area contributed by atoms with Crippen molar-refractivity contribution in [3.05, 3.63) is 64.8 Å². The van der Waals surface area contributed by atoms with Crippen molar-refractivity contribution < 1.29 is 51.0 Å². The number of halogens is 2. The van der Waals surface area contributed by atoms with E-state index in [1.807, 2.05) is 0 Å². The van der Waals surface area contributed by atoms with Gasteiger partial charge in [-0.3, -0.25) is 6.08 Å². The van der Waals surface area contributed by atoms with Gasteiger partial charge in [0, 0.05) is 9.52 Å². The molecule has 0 aliphatic heterocycles. The standard InChI is InChI=1S/C12H13.C9H13.C2H6Si.2ClH.Zr/c1-9(2)12-7-10-5-3-4-6-11(10)8-12;1-6-5-7(2)9(4)8(6)3;1-3-2;;;/h3-9H,1-2H3;6H,1-4H3;1-2H3;2*1H;/q2*-1;;;;+4/p-2. The second kappa shape index (κ2) is 15.9. The zero-order valence-corrected chi connectivity index (χ0v) is 22.8. The molecule has 0 N–H and O–H groups in total. The Morgan fingerprint density at radius 2 is 1.56 bits per heavy atom. The first-order valence-corrected chi connectivity index (χ1v) is 10.8. The summed E-state index contributed by atoms with van der Waals surface area (Å²) in [7, 11) is 1.08. The van der Waals surface area contributed by atoms with Gasteiger partial charge in [-0.2, -0.15) is 17.2 Å². The number of allylic oxidation sites excluding steroid dienone is 4. The van der Waals surface area contributed by atoms with Crippen LogP contribution in [0.4, 0.5) is 0 Å². The van der Waals surface area contributed by atoms with Gasteiger partial charge in [-0.25, -0.2) is 5.57 Å². The van der Waals surface area contributed by atoms with Crippen LogP contribution >= 0.6 is 0 Å². The molecule has 2 radical (unpaired) electrons. The van der Waals surface area contributed by atoms with Crippen molar-refractivity contribution in [2.24, 2.45) is 5.92 Å². The molecule has 0 aromatic heterocycles. The molecule has 0 bridgehead atoms. The third kappa shape index (κ3) is 9.84. The van der Waals surface area contributed by atoms with E-state index in [1.54, 1.807) is 0 Å². The van der Waals surface area contributed by atoms with Gasteiger partial charge in [0.25, 0.3) is 0 Å². The molecule has 0 heterocycles. The minimum absolute atomic E-state index is 0. The summed E-state index contributed by atoms with van der Waals surface area (Å²) in [6.45, 7) is 17.4. The number of hydrogen-bond donors (Lipinski definition) is 0. The van der Waals surface area contributed by atoms with Crippen LogP contribution in [-0.2, 0) is 26.2 Å². The van der Waals surface area contributed by atoms with E-state index in [2.05, 4.69) is 97.1 Å². The Balaban J connectivity index is -0.000000348. The summed E-state index contributed by atoms with van der Waals surface area (Å²) < 4.78 is 0. The van der Waals surface area contributed by atoms with E-state index < -0.39 is 0 Å². The Morgan fingerprint density at radius 1 is 1.04 bits per heavy atom. The zero-order chi connectivity index (χ0) is 18.3. The first kappa shape index (κ1) is 31.7. The van der Waals surface area contributed by atoms with Crippen LogP contribution in [0.25, 0.3) is 10.8 Å². The maximum absolute atomic E-state index is 3.36. The van der Waals surface area contributed by atoms with Crippen molar-refractivity contribution in [2.75, 3.05) is 0 Å². The van der Waals surface area contributed by atoms with Gasteiger partial charge in [-0.1, -0.05) is 59.7 Å². The van der Waals surface area contributed by atoms with E-state index in [1.165, 1.54) is 33.1 Å². The van der Waals surface area contributed by atoms with Gasteiger partial charge in [0.1, 0.15) is 0 Å². The van der Waals surface area contributed by atoms with E-state index in [0.717, 1.165) is 9.52 Å². The summed E-state index contributed by atoms with van der Waals surface area (Å²) in [5.74, 6) is 1.20. The van der Waals surface area contributed by atoms with E-state index in [-0.39, 0.29) is 51.0 Å². The summed E-state index contributed by atoms with van der Waals surface area (Å²) >= 11 is 0. The van der Waals surface area contributed by atoms with Crippen molar-refractivity contribution in [3.63, 3.8) is 0 Å². The van der Waals surface area contributed by atoms with Crippen LogP contribution < -0.4 is 24.8 Å². The zero-order valence-electron chi connectivity index (χ0n) is 17.9. The van der Waals surface area contributed by atoms with Crippen molar-refractivity contribution >= 4 is 20.3 Å². The topological polar surface area (TPSA) is 0 Å². The molecule has 27 heavy (non-hydrogen) atoms. The van der Waals surface area contributed by atoms with Gasteiger partial charge < -0.3 is 24.8 Å². The van der Waals surface area contributed by atoms with Gasteiger partial charge in [0.05, 0.1) is 0 Å². The van der Waals surface area contributed by atoms with Gasteiger partial charge in [0.15, 0.2) is 0 Å². The minimum Gasteiger partial charge on any atom is -1.00 e. The molecule has 0 spiro atoms. The maximum Gasteiger partial charge on any atom is 4.00 e. The first-order chi connectivity index (χ1) is 11.3. The van der Waals surface area contributed by atoms with Crippen molar-refractivity contribution in [2.45, 2.75) is 60.6 Å². The van der Waals surface area contributed by atoms with Crippen LogP contribution in [0.1, 0.15) is 53.0 Å². The summed E-state index contributed by atoms with van der Waals surface area (Å²) in [4.78, 5) is 0. The molecule has 1 atom stereocenters. The smallest absolute Gasteiger partial charge is 1.00 e. The summed E-state index contributed by atoms with van der Waals surface area (Å²) in [5.41, 5.74) is 5.69. The normalized spacial score (nSPS) is 14.7. The number of hydrogen-bond acceptors (Lipinski definition) is 0. The quantitative estimate of drug-likeness (QED) is 0.410. The van der Waals surface area contributed by atoms with E-state index in [0.29, 0.717) is 11.8 Å². The summed E-state index contributed by atoms with van der Waals surface area (Å²) in [6, 6.07) is 13.1. The molecule has 0 nitrogen and oxygen atoms in total. The summed E-state index contributed by atoms with van der Waals surface area (Å²) in [5, 5.41) is 2.72. The molecule has 0 saturated heterocycles. The predicted octanol–water partition coefficient (Wildman–Crippen LogP) is 1.20. The number of fused-ring (bicyclic) bond motifs is 1. The average molecular weight is 499 g/mol. The molecule has 1 unspecified atom stereocenters. The Bertz CT molecular complexity index is 681. The molecule has 146 valence electrons. The van der Waals surface area contributed by atoms with Crippen molar-refractivity contribution in [3.8, 4) is 0 Å². The van der Waals surface area contributed by atoms with E-state index in [9.17, 15) is 0 Å². The first-order valence-electron chi connectivity index (χ1n) is 8.83.